The number of aliphatic hydroxyl groups is 1. The van der Waals surface area contributed by atoms with Crippen LogP contribution in [0.5, 0.6) is 5.75 Å². The predicted octanol–water partition coefficient (Wildman–Crippen LogP) is 2.04. The molecule has 92 valence electrons. The Labute approximate surface area is 105 Å². The Morgan fingerprint density at radius 2 is 2.11 bits per heavy atom. The molecular formula is C14H14N2O2. The second-order valence-electron chi connectivity index (χ2n) is 4.37. The quantitative estimate of drug-likeness (QED) is 0.894. The zero-order valence-electron chi connectivity index (χ0n) is 9.91. The summed E-state index contributed by atoms with van der Waals surface area (Å²) < 4.78 is 5.65. The second-order valence-corrected chi connectivity index (χ2v) is 4.37. The summed E-state index contributed by atoms with van der Waals surface area (Å²) in [5.74, 6) is 1.47. The van der Waals surface area contributed by atoms with Gasteiger partial charge in [0.1, 0.15) is 12.4 Å². The van der Waals surface area contributed by atoms with Gasteiger partial charge in [-0.05, 0) is 42.2 Å². The number of hydrogen-bond acceptors (Lipinski definition) is 4. The first-order valence-electron chi connectivity index (χ1n) is 6.02. The summed E-state index contributed by atoms with van der Waals surface area (Å²) in [4.78, 5) is 8.20. The molecule has 0 amide bonds. The van der Waals surface area contributed by atoms with Crippen LogP contribution in [0.2, 0.25) is 0 Å². The number of aromatic nitrogens is 2. The fraction of sp³-hybridized carbons (Fsp3) is 0.286. The van der Waals surface area contributed by atoms with Crippen molar-refractivity contribution in [2.75, 3.05) is 0 Å². The Balaban J connectivity index is 1.71. The van der Waals surface area contributed by atoms with E-state index in [-0.39, 0.29) is 6.10 Å². The van der Waals surface area contributed by atoms with Crippen LogP contribution in [0.1, 0.15) is 29.5 Å². The van der Waals surface area contributed by atoms with Crippen LogP contribution in [0.25, 0.3) is 0 Å². The predicted molar refractivity (Wildman–Crippen MR) is 66.1 cm³/mol. The number of ether oxygens (including phenoxy) is 1. The zero-order valence-corrected chi connectivity index (χ0v) is 9.91. The van der Waals surface area contributed by atoms with Crippen LogP contribution in [0.3, 0.4) is 0 Å². The van der Waals surface area contributed by atoms with E-state index in [9.17, 15) is 5.11 Å². The van der Waals surface area contributed by atoms with Crippen molar-refractivity contribution < 1.29 is 9.84 Å². The molecular weight excluding hydrogens is 228 g/mol. The Kier molecular flexibility index (Phi) is 2.94. The van der Waals surface area contributed by atoms with E-state index in [1.54, 1.807) is 18.5 Å². The molecule has 1 heterocycles. The molecule has 0 bridgehead atoms. The molecule has 0 radical (unpaired) electrons. The summed E-state index contributed by atoms with van der Waals surface area (Å²) in [5, 5.41) is 9.72. The largest absolute Gasteiger partial charge is 0.486 e. The molecule has 1 aromatic carbocycles. The third kappa shape index (κ3) is 2.19. The lowest BCUT2D eigenvalue weighted by Crippen LogP contribution is -2.00. The molecule has 1 aliphatic carbocycles. The van der Waals surface area contributed by atoms with E-state index < -0.39 is 0 Å². The lowest BCUT2D eigenvalue weighted by atomic mass is 10.1. The molecule has 0 saturated heterocycles. The molecule has 18 heavy (non-hydrogen) atoms. The summed E-state index contributed by atoms with van der Waals surface area (Å²) in [5.41, 5.74) is 2.20. The lowest BCUT2D eigenvalue weighted by Gasteiger charge is -2.08. The van der Waals surface area contributed by atoms with Gasteiger partial charge < -0.3 is 9.84 Å². The van der Waals surface area contributed by atoms with Crippen LogP contribution >= 0.6 is 0 Å². The van der Waals surface area contributed by atoms with Gasteiger partial charge in [0.05, 0.1) is 6.10 Å². The highest BCUT2D eigenvalue weighted by Crippen LogP contribution is 2.33. The van der Waals surface area contributed by atoms with E-state index >= 15 is 0 Å². The van der Waals surface area contributed by atoms with Crippen LogP contribution in [0.4, 0.5) is 0 Å². The average molecular weight is 242 g/mol. The van der Waals surface area contributed by atoms with Crippen molar-refractivity contribution in [1.82, 2.24) is 9.97 Å². The van der Waals surface area contributed by atoms with Crippen molar-refractivity contribution in [3.05, 3.63) is 53.6 Å². The second kappa shape index (κ2) is 4.74. The summed E-state index contributed by atoms with van der Waals surface area (Å²) in [6, 6.07) is 7.60. The monoisotopic (exact) mass is 242 g/mol. The van der Waals surface area contributed by atoms with E-state index in [2.05, 4.69) is 9.97 Å². The summed E-state index contributed by atoms with van der Waals surface area (Å²) in [6.07, 6.45) is 4.80. The lowest BCUT2D eigenvalue weighted by molar-refractivity contribution is 0.180. The molecule has 0 fully saturated rings. The highest BCUT2D eigenvalue weighted by atomic mass is 16.5. The molecule has 0 saturated carbocycles. The number of hydrogen-bond donors (Lipinski definition) is 1. The van der Waals surface area contributed by atoms with Crippen LogP contribution in [-0.2, 0) is 13.0 Å². The number of nitrogens with zero attached hydrogens (tertiary/aromatic N) is 2. The van der Waals surface area contributed by atoms with E-state index in [0.717, 1.165) is 24.2 Å². The Hall–Kier alpha value is -1.94. The summed E-state index contributed by atoms with van der Waals surface area (Å²) in [7, 11) is 0. The van der Waals surface area contributed by atoms with Crippen LogP contribution < -0.4 is 4.74 Å². The van der Waals surface area contributed by atoms with Crippen LogP contribution in [-0.4, -0.2) is 15.1 Å². The van der Waals surface area contributed by atoms with E-state index in [4.69, 9.17) is 4.74 Å². The summed E-state index contributed by atoms with van der Waals surface area (Å²) >= 11 is 0. The van der Waals surface area contributed by atoms with Gasteiger partial charge in [-0.25, -0.2) is 9.97 Å². The normalized spacial score (nSPS) is 17.5. The number of fused-ring (bicyclic) bond motifs is 1. The molecule has 1 aromatic heterocycles. The average Bonchev–Trinajstić information content (AvgIpc) is 2.79. The molecule has 0 spiro atoms. The van der Waals surface area contributed by atoms with Gasteiger partial charge in [-0.2, -0.15) is 0 Å². The highest BCUT2D eigenvalue weighted by molar-refractivity contribution is 5.39. The van der Waals surface area contributed by atoms with E-state index in [1.807, 2.05) is 18.2 Å². The highest BCUT2D eigenvalue weighted by Gasteiger charge is 2.20. The van der Waals surface area contributed by atoms with E-state index in [1.165, 1.54) is 5.56 Å². The third-order valence-corrected chi connectivity index (χ3v) is 3.15. The minimum Gasteiger partial charge on any atom is -0.486 e. The molecule has 2 aromatic rings. The molecule has 1 N–H and O–H groups in total. The van der Waals surface area contributed by atoms with Gasteiger partial charge in [0, 0.05) is 12.4 Å². The van der Waals surface area contributed by atoms with Gasteiger partial charge in [0.25, 0.3) is 0 Å². The molecule has 1 unspecified atom stereocenters. The minimum atomic E-state index is -0.313. The summed E-state index contributed by atoms with van der Waals surface area (Å²) in [6.45, 7) is 0.363. The van der Waals surface area contributed by atoms with Crippen molar-refractivity contribution in [3.8, 4) is 5.75 Å². The Bertz CT molecular complexity index is 543. The van der Waals surface area contributed by atoms with Gasteiger partial charge in [-0.1, -0.05) is 6.07 Å². The zero-order chi connectivity index (χ0) is 12.4. The molecule has 0 aliphatic heterocycles. The third-order valence-electron chi connectivity index (χ3n) is 3.15. The molecule has 4 heteroatoms. The maximum Gasteiger partial charge on any atom is 0.166 e. The molecule has 3 rings (SSSR count). The number of aliphatic hydroxyl groups excluding tert-OH is 1. The molecule has 4 nitrogen and oxygen atoms in total. The number of rotatable bonds is 3. The first kappa shape index (κ1) is 11.2. The topological polar surface area (TPSA) is 55.2 Å². The minimum absolute atomic E-state index is 0.313. The van der Waals surface area contributed by atoms with Crippen molar-refractivity contribution >= 4 is 0 Å². The molecule has 1 atom stereocenters. The van der Waals surface area contributed by atoms with Gasteiger partial charge in [0.15, 0.2) is 5.82 Å². The SMILES string of the molecule is OC1CCc2cc(OCc3ncccn3)ccc21. The van der Waals surface area contributed by atoms with Crippen LogP contribution in [0, 0.1) is 0 Å². The Morgan fingerprint density at radius 1 is 1.28 bits per heavy atom. The maximum absolute atomic E-state index is 9.72. The Morgan fingerprint density at radius 3 is 2.94 bits per heavy atom. The van der Waals surface area contributed by atoms with Gasteiger partial charge in [-0.15, -0.1) is 0 Å². The smallest absolute Gasteiger partial charge is 0.166 e. The first-order chi connectivity index (χ1) is 8.83. The first-order valence-corrected chi connectivity index (χ1v) is 6.02. The van der Waals surface area contributed by atoms with Crippen molar-refractivity contribution in [2.24, 2.45) is 0 Å². The number of benzene rings is 1. The van der Waals surface area contributed by atoms with Gasteiger partial charge in [-0.3, -0.25) is 0 Å². The molecule has 1 aliphatic rings. The van der Waals surface area contributed by atoms with Gasteiger partial charge in [0.2, 0.25) is 0 Å². The van der Waals surface area contributed by atoms with Crippen molar-refractivity contribution in [2.45, 2.75) is 25.6 Å². The maximum atomic E-state index is 9.72. The van der Waals surface area contributed by atoms with Crippen molar-refractivity contribution in [1.29, 1.82) is 0 Å². The van der Waals surface area contributed by atoms with Crippen LogP contribution in [0.15, 0.2) is 36.7 Å². The standard InChI is InChI=1S/C14H14N2O2/c17-13-5-2-10-8-11(3-4-12(10)13)18-9-14-15-6-1-7-16-14/h1,3-4,6-8,13,17H,2,5,9H2. The van der Waals surface area contributed by atoms with Crippen molar-refractivity contribution in [3.63, 3.8) is 0 Å². The van der Waals surface area contributed by atoms with E-state index in [0.29, 0.717) is 12.4 Å². The fourth-order valence-corrected chi connectivity index (χ4v) is 2.21. The number of aryl methyl sites for hydroxylation is 1. The fourth-order valence-electron chi connectivity index (χ4n) is 2.21. The van der Waals surface area contributed by atoms with Gasteiger partial charge >= 0.3 is 0 Å².